The van der Waals surface area contributed by atoms with E-state index in [2.05, 4.69) is 22.5 Å². The molecular weight excluding hydrogens is 321 g/mol. The van der Waals surface area contributed by atoms with Crippen molar-refractivity contribution in [1.29, 1.82) is 0 Å². The van der Waals surface area contributed by atoms with Gasteiger partial charge in [0, 0.05) is 31.7 Å². The van der Waals surface area contributed by atoms with Crippen molar-refractivity contribution in [3.8, 4) is 0 Å². The number of nitrogens with one attached hydrogen (secondary N) is 1. The standard InChI is InChI=1S/C19H24FN3O2/c20-17-7-4-10-21-18(17)22-13-15-8-11-23(12-9-15)19(24)25-14-16-5-2-1-3-6-16/h1-5,7,10,15-16H,6,8-9,11-14H2,(H,21,22). The van der Waals surface area contributed by atoms with Crippen LogP contribution in [0, 0.1) is 17.7 Å². The van der Waals surface area contributed by atoms with Crippen molar-refractivity contribution in [2.75, 3.05) is 31.6 Å². The second kappa shape index (κ2) is 8.65. The SMILES string of the molecule is O=C(OCC1C=CC=CC1)N1CCC(CNc2ncccc2F)CC1. The first-order valence-electron chi connectivity index (χ1n) is 8.82. The molecule has 1 aliphatic carbocycles. The number of piperidine rings is 1. The third-order valence-electron chi connectivity index (χ3n) is 4.68. The third kappa shape index (κ3) is 5.05. The van der Waals surface area contributed by atoms with Crippen molar-refractivity contribution in [3.63, 3.8) is 0 Å². The van der Waals surface area contributed by atoms with Gasteiger partial charge in [0.05, 0.1) is 6.61 Å². The molecule has 6 heteroatoms. The highest BCUT2D eigenvalue weighted by Crippen LogP contribution is 2.20. The van der Waals surface area contributed by atoms with E-state index in [9.17, 15) is 9.18 Å². The van der Waals surface area contributed by atoms with Crippen LogP contribution in [0.4, 0.5) is 15.0 Å². The predicted octanol–water partition coefficient (Wildman–Crippen LogP) is 3.61. The van der Waals surface area contributed by atoms with Crippen molar-refractivity contribution < 1.29 is 13.9 Å². The van der Waals surface area contributed by atoms with Crippen LogP contribution in [-0.2, 0) is 4.74 Å². The van der Waals surface area contributed by atoms with E-state index in [0.717, 1.165) is 19.3 Å². The Labute approximate surface area is 147 Å². The van der Waals surface area contributed by atoms with Crippen LogP contribution >= 0.6 is 0 Å². The minimum absolute atomic E-state index is 0.231. The van der Waals surface area contributed by atoms with Crippen LogP contribution in [0.25, 0.3) is 0 Å². The van der Waals surface area contributed by atoms with Crippen LogP contribution in [0.1, 0.15) is 19.3 Å². The number of nitrogens with zero attached hydrogens (tertiary/aromatic N) is 2. The molecule has 0 radical (unpaired) electrons. The van der Waals surface area contributed by atoms with Gasteiger partial charge in [-0.2, -0.15) is 0 Å². The molecule has 0 saturated carbocycles. The summed E-state index contributed by atoms with van der Waals surface area (Å²) in [5.41, 5.74) is 0. The molecule has 0 spiro atoms. The van der Waals surface area contributed by atoms with Crippen LogP contribution in [0.3, 0.4) is 0 Å². The Kier molecular flexibility index (Phi) is 6.04. The number of rotatable bonds is 5. The molecule has 1 aromatic heterocycles. The number of carbonyl (C=O) groups excluding carboxylic acids is 1. The molecule has 0 bridgehead atoms. The number of allylic oxidation sites excluding steroid dienone is 3. The number of pyridine rings is 1. The van der Waals surface area contributed by atoms with Gasteiger partial charge in [-0.25, -0.2) is 14.2 Å². The van der Waals surface area contributed by atoms with Gasteiger partial charge in [0.15, 0.2) is 11.6 Å². The zero-order valence-electron chi connectivity index (χ0n) is 14.2. The molecule has 1 N–H and O–H groups in total. The first-order chi connectivity index (χ1) is 12.2. The molecule has 1 atom stereocenters. The largest absolute Gasteiger partial charge is 0.449 e. The quantitative estimate of drug-likeness (QED) is 0.886. The predicted molar refractivity (Wildman–Crippen MR) is 94.7 cm³/mol. The number of hydrogen-bond acceptors (Lipinski definition) is 4. The van der Waals surface area contributed by atoms with Crippen LogP contribution in [0.5, 0.6) is 0 Å². The fourth-order valence-corrected chi connectivity index (χ4v) is 3.10. The van der Waals surface area contributed by atoms with Gasteiger partial charge in [-0.1, -0.05) is 24.3 Å². The smallest absolute Gasteiger partial charge is 0.409 e. The maximum Gasteiger partial charge on any atom is 0.409 e. The highest BCUT2D eigenvalue weighted by molar-refractivity contribution is 5.67. The van der Waals surface area contributed by atoms with Gasteiger partial charge in [0.1, 0.15) is 0 Å². The molecule has 5 nitrogen and oxygen atoms in total. The monoisotopic (exact) mass is 345 g/mol. The highest BCUT2D eigenvalue weighted by Gasteiger charge is 2.24. The molecule has 1 amide bonds. The van der Waals surface area contributed by atoms with E-state index in [1.807, 2.05) is 12.2 Å². The maximum absolute atomic E-state index is 13.5. The third-order valence-corrected chi connectivity index (χ3v) is 4.68. The zero-order chi connectivity index (χ0) is 17.5. The Hall–Kier alpha value is -2.37. The van der Waals surface area contributed by atoms with E-state index in [-0.39, 0.29) is 17.8 Å². The van der Waals surface area contributed by atoms with Gasteiger partial charge in [-0.05, 0) is 37.3 Å². The summed E-state index contributed by atoms with van der Waals surface area (Å²) in [7, 11) is 0. The summed E-state index contributed by atoms with van der Waals surface area (Å²) in [6.07, 6.45) is 12.2. The number of ether oxygens (including phenoxy) is 1. The Morgan fingerprint density at radius 3 is 2.92 bits per heavy atom. The lowest BCUT2D eigenvalue weighted by molar-refractivity contribution is 0.0810. The second-order valence-corrected chi connectivity index (χ2v) is 6.53. The van der Waals surface area contributed by atoms with Crippen molar-refractivity contribution in [2.24, 2.45) is 11.8 Å². The van der Waals surface area contributed by atoms with Crippen LogP contribution < -0.4 is 5.32 Å². The number of hydrogen-bond donors (Lipinski definition) is 1. The summed E-state index contributed by atoms with van der Waals surface area (Å²) >= 11 is 0. The number of halogens is 1. The fourth-order valence-electron chi connectivity index (χ4n) is 3.10. The lowest BCUT2D eigenvalue weighted by atomic mass is 9.97. The molecule has 2 aliphatic rings. The number of carbonyl (C=O) groups is 1. The summed E-state index contributed by atoms with van der Waals surface area (Å²) in [6.45, 7) is 2.45. The zero-order valence-corrected chi connectivity index (χ0v) is 14.2. The number of likely N-dealkylation sites (tertiary alicyclic amines) is 1. The van der Waals surface area contributed by atoms with Gasteiger partial charge in [-0.3, -0.25) is 0 Å². The number of aromatic nitrogens is 1. The van der Waals surface area contributed by atoms with Gasteiger partial charge < -0.3 is 15.0 Å². The summed E-state index contributed by atoms with van der Waals surface area (Å²) in [6, 6.07) is 2.97. The minimum atomic E-state index is -0.338. The second-order valence-electron chi connectivity index (χ2n) is 6.53. The summed E-state index contributed by atoms with van der Waals surface area (Å²) < 4.78 is 19.0. The maximum atomic E-state index is 13.5. The van der Waals surface area contributed by atoms with Crippen molar-refractivity contribution in [1.82, 2.24) is 9.88 Å². The van der Waals surface area contributed by atoms with Crippen molar-refractivity contribution >= 4 is 11.9 Å². The highest BCUT2D eigenvalue weighted by atomic mass is 19.1. The van der Waals surface area contributed by atoms with Crippen molar-refractivity contribution in [3.05, 3.63) is 48.5 Å². The first-order valence-corrected chi connectivity index (χ1v) is 8.82. The van der Waals surface area contributed by atoms with Crippen LogP contribution in [0.15, 0.2) is 42.6 Å². The Balaban J connectivity index is 1.36. The average molecular weight is 345 g/mol. The molecule has 1 aromatic rings. The van der Waals surface area contributed by atoms with Gasteiger partial charge in [0.25, 0.3) is 0 Å². The van der Waals surface area contributed by atoms with E-state index < -0.39 is 0 Å². The molecular formula is C19H24FN3O2. The number of anilines is 1. The molecule has 3 rings (SSSR count). The van der Waals surface area contributed by atoms with E-state index >= 15 is 0 Å². The Bertz CT molecular complexity index is 639. The average Bonchev–Trinajstić information content (AvgIpc) is 2.67. The van der Waals surface area contributed by atoms with Crippen LogP contribution in [-0.4, -0.2) is 42.2 Å². The Morgan fingerprint density at radius 1 is 1.36 bits per heavy atom. The summed E-state index contributed by atoms with van der Waals surface area (Å²) in [5, 5.41) is 3.06. The lowest BCUT2D eigenvalue weighted by Gasteiger charge is -2.31. The molecule has 0 aromatic carbocycles. The summed E-state index contributed by atoms with van der Waals surface area (Å²) in [4.78, 5) is 17.9. The molecule has 2 heterocycles. The lowest BCUT2D eigenvalue weighted by Crippen LogP contribution is -2.40. The van der Waals surface area contributed by atoms with Crippen molar-refractivity contribution in [2.45, 2.75) is 19.3 Å². The molecule has 134 valence electrons. The van der Waals surface area contributed by atoms with E-state index in [0.29, 0.717) is 38.0 Å². The van der Waals surface area contributed by atoms with E-state index in [1.165, 1.54) is 6.07 Å². The number of amides is 1. The van der Waals surface area contributed by atoms with Gasteiger partial charge in [-0.15, -0.1) is 0 Å². The topological polar surface area (TPSA) is 54.5 Å². The Morgan fingerprint density at radius 2 is 2.20 bits per heavy atom. The fraction of sp³-hybridized carbons (Fsp3) is 0.474. The molecule has 1 aliphatic heterocycles. The van der Waals surface area contributed by atoms with E-state index in [4.69, 9.17) is 4.74 Å². The van der Waals surface area contributed by atoms with E-state index in [1.54, 1.807) is 17.2 Å². The van der Waals surface area contributed by atoms with Gasteiger partial charge >= 0.3 is 6.09 Å². The van der Waals surface area contributed by atoms with Crippen LogP contribution in [0.2, 0.25) is 0 Å². The molecule has 1 fully saturated rings. The molecule has 25 heavy (non-hydrogen) atoms. The van der Waals surface area contributed by atoms with Gasteiger partial charge in [0.2, 0.25) is 0 Å². The summed E-state index contributed by atoms with van der Waals surface area (Å²) in [5.74, 6) is 0.634. The molecule has 1 saturated heterocycles. The minimum Gasteiger partial charge on any atom is -0.449 e. The normalized spacial score (nSPS) is 20.5. The first kappa shape index (κ1) is 17.5. The molecule has 1 unspecified atom stereocenters.